The van der Waals surface area contributed by atoms with E-state index in [1.54, 1.807) is 18.2 Å². The minimum Gasteiger partial charge on any atom is -0.480 e. The van der Waals surface area contributed by atoms with Crippen molar-refractivity contribution in [3.8, 4) is 0 Å². The lowest BCUT2D eigenvalue weighted by Gasteiger charge is -2.44. The molecule has 1 saturated heterocycles. The Kier molecular flexibility index (Phi) is 2.88. The van der Waals surface area contributed by atoms with Gasteiger partial charge in [0.05, 0.1) is 18.6 Å². The molecule has 0 bridgehead atoms. The van der Waals surface area contributed by atoms with E-state index in [0.29, 0.717) is 18.2 Å². The standard InChI is InChI=1S/C11H12ClNO3/c12-8-4-2-1-3-7(8)11(5-16-6-11)9(13)10(14)15/h1-4,9H,5-6,13H2,(H,14,15). The highest BCUT2D eigenvalue weighted by Gasteiger charge is 2.49. The van der Waals surface area contributed by atoms with Crippen LogP contribution in [0.2, 0.25) is 5.02 Å². The van der Waals surface area contributed by atoms with E-state index in [1.807, 2.05) is 6.07 Å². The summed E-state index contributed by atoms with van der Waals surface area (Å²) in [5, 5.41) is 9.54. The van der Waals surface area contributed by atoms with Crippen molar-refractivity contribution in [1.82, 2.24) is 0 Å². The van der Waals surface area contributed by atoms with Gasteiger partial charge in [-0.1, -0.05) is 29.8 Å². The third-order valence-corrected chi connectivity index (χ3v) is 3.32. The number of carboxylic acid groups (broad SMARTS) is 1. The van der Waals surface area contributed by atoms with Gasteiger partial charge in [0.15, 0.2) is 0 Å². The molecule has 0 amide bonds. The van der Waals surface area contributed by atoms with E-state index in [0.717, 1.165) is 5.56 Å². The lowest BCUT2D eigenvalue weighted by Crippen LogP contribution is -2.61. The fourth-order valence-electron chi connectivity index (χ4n) is 1.93. The van der Waals surface area contributed by atoms with Gasteiger partial charge in [-0.05, 0) is 11.6 Å². The van der Waals surface area contributed by atoms with Crippen molar-refractivity contribution in [2.75, 3.05) is 13.2 Å². The van der Waals surface area contributed by atoms with Crippen molar-refractivity contribution in [2.24, 2.45) is 5.73 Å². The SMILES string of the molecule is NC(C(=O)O)C1(c2ccccc2Cl)COC1. The van der Waals surface area contributed by atoms with Gasteiger partial charge in [0.1, 0.15) is 6.04 Å². The van der Waals surface area contributed by atoms with Crippen molar-refractivity contribution in [3.63, 3.8) is 0 Å². The van der Waals surface area contributed by atoms with Crippen molar-refractivity contribution in [3.05, 3.63) is 34.9 Å². The molecule has 5 heteroatoms. The molecule has 1 unspecified atom stereocenters. The van der Waals surface area contributed by atoms with Crippen molar-refractivity contribution in [2.45, 2.75) is 11.5 Å². The van der Waals surface area contributed by atoms with Crippen LogP contribution in [-0.2, 0) is 14.9 Å². The molecule has 0 spiro atoms. The van der Waals surface area contributed by atoms with Gasteiger partial charge < -0.3 is 15.6 Å². The molecule has 16 heavy (non-hydrogen) atoms. The Morgan fingerprint density at radius 3 is 2.56 bits per heavy atom. The van der Waals surface area contributed by atoms with Gasteiger partial charge in [-0.2, -0.15) is 0 Å². The topological polar surface area (TPSA) is 72.6 Å². The molecule has 1 heterocycles. The van der Waals surface area contributed by atoms with Gasteiger partial charge in [-0.15, -0.1) is 0 Å². The molecule has 1 aliphatic rings. The minimum atomic E-state index is -1.04. The zero-order valence-corrected chi connectivity index (χ0v) is 9.28. The van der Waals surface area contributed by atoms with Crippen LogP contribution in [0.1, 0.15) is 5.56 Å². The highest BCUT2D eigenvalue weighted by Crippen LogP contribution is 2.38. The van der Waals surface area contributed by atoms with Crippen LogP contribution in [0.3, 0.4) is 0 Å². The second kappa shape index (κ2) is 4.05. The van der Waals surface area contributed by atoms with Crippen LogP contribution in [0, 0.1) is 0 Å². The Balaban J connectivity index is 2.43. The molecular formula is C11H12ClNO3. The Morgan fingerprint density at radius 2 is 2.12 bits per heavy atom. The molecule has 1 aromatic carbocycles. The van der Waals surface area contributed by atoms with E-state index < -0.39 is 17.4 Å². The maximum Gasteiger partial charge on any atom is 0.321 e. The lowest BCUT2D eigenvalue weighted by molar-refractivity contribution is -0.148. The van der Waals surface area contributed by atoms with Gasteiger partial charge in [0.25, 0.3) is 0 Å². The van der Waals surface area contributed by atoms with E-state index in [-0.39, 0.29) is 0 Å². The Hall–Kier alpha value is -1.10. The highest BCUT2D eigenvalue weighted by atomic mass is 35.5. The van der Waals surface area contributed by atoms with E-state index in [9.17, 15) is 4.79 Å². The average molecular weight is 242 g/mol. The van der Waals surface area contributed by atoms with Crippen LogP contribution in [-0.4, -0.2) is 30.3 Å². The first-order valence-corrected chi connectivity index (χ1v) is 5.27. The molecule has 4 nitrogen and oxygen atoms in total. The van der Waals surface area contributed by atoms with Crippen molar-refractivity contribution >= 4 is 17.6 Å². The molecule has 0 aliphatic carbocycles. The summed E-state index contributed by atoms with van der Waals surface area (Å²) in [5.41, 5.74) is 5.78. The van der Waals surface area contributed by atoms with Crippen molar-refractivity contribution < 1.29 is 14.6 Å². The number of ether oxygens (including phenoxy) is 1. The van der Waals surface area contributed by atoms with Crippen LogP contribution in [0.15, 0.2) is 24.3 Å². The van der Waals surface area contributed by atoms with Crippen molar-refractivity contribution in [1.29, 1.82) is 0 Å². The van der Waals surface area contributed by atoms with Crippen LogP contribution in [0.5, 0.6) is 0 Å². The summed E-state index contributed by atoms with van der Waals surface area (Å²) < 4.78 is 5.12. The number of halogens is 1. The maximum atomic E-state index is 11.0. The predicted molar refractivity (Wildman–Crippen MR) is 59.6 cm³/mol. The predicted octanol–water partition coefficient (Wildman–Crippen LogP) is 1.02. The zero-order chi connectivity index (χ0) is 11.8. The molecule has 1 atom stereocenters. The van der Waals surface area contributed by atoms with Crippen LogP contribution >= 0.6 is 11.6 Å². The normalized spacial score (nSPS) is 19.9. The van der Waals surface area contributed by atoms with Gasteiger partial charge in [-0.3, -0.25) is 4.79 Å². The number of hydrogen-bond donors (Lipinski definition) is 2. The summed E-state index contributed by atoms with van der Waals surface area (Å²) in [7, 11) is 0. The van der Waals surface area contributed by atoms with Gasteiger partial charge in [0.2, 0.25) is 0 Å². The summed E-state index contributed by atoms with van der Waals surface area (Å²) >= 11 is 6.07. The first kappa shape index (κ1) is 11.4. The molecule has 0 aromatic heterocycles. The third kappa shape index (κ3) is 1.59. The lowest BCUT2D eigenvalue weighted by atomic mass is 9.72. The van der Waals surface area contributed by atoms with E-state index >= 15 is 0 Å². The molecule has 1 fully saturated rings. The van der Waals surface area contributed by atoms with E-state index in [1.165, 1.54) is 0 Å². The molecule has 1 aromatic rings. The first-order valence-electron chi connectivity index (χ1n) is 4.89. The number of hydrogen-bond acceptors (Lipinski definition) is 3. The number of carbonyl (C=O) groups is 1. The van der Waals surface area contributed by atoms with E-state index in [4.69, 9.17) is 27.2 Å². The maximum absolute atomic E-state index is 11.0. The number of carboxylic acids is 1. The molecular weight excluding hydrogens is 230 g/mol. The van der Waals surface area contributed by atoms with Crippen LogP contribution in [0.4, 0.5) is 0 Å². The molecule has 1 aliphatic heterocycles. The van der Waals surface area contributed by atoms with Gasteiger partial charge >= 0.3 is 5.97 Å². The number of rotatable bonds is 3. The summed E-state index contributed by atoms with van der Waals surface area (Å²) in [5.74, 6) is -1.04. The van der Waals surface area contributed by atoms with E-state index in [2.05, 4.69) is 0 Å². The third-order valence-electron chi connectivity index (χ3n) is 2.99. The Morgan fingerprint density at radius 1 is 1.50 bits per heavy atom. The zero-order valence-electron chi connectivity index (χ0n) is 8.52. The Bertz CT molecular complexity index is 417. The largest absolute Gasteiger partial charge is 0.480 e. The Labute approximate surface area is 98.0 Å². The smallest absolute Gasteiger partial charge is 0.321 e. The minimum absolute atomic E-state index is 0.296. The summed E-state index contributed by atoms with van der Waals surface area (Å²) in [6.45, 7) is 0.592. The molecule has 3 N–H and O–H groups in total. The second-order valence-electron chi connectivity index (χ2n) is 3.94. The highest BCUT2D eigenvalue weighted by molar-refractivity contribution is 6.31. The number of nitrogens with two attached hydrogens (primary N) is 1. The molecule has 0 radical (unpaired) electrons. The van der Waals surface area contributed by atoms with Crippen LogP contribution < -0.4 is 5.73 Å². The summed E-state index contributed by atoms with van der Waals surface area (Å²) in [6, 6.07) is 6.14. The molecule has 86 valence electrons. The summed E-state index contributed by atoms with van der Waals surface area (Å²) in [4.78, 5) is 11.0. The summed E-state index contributed by atoms with van der Waals surface area (Å²) in [6.07, 6.45) is 0. The quantitative estimate of drug-likeness (QED) is 0.829. The fourth-order valence-corrected chi connectivity index (χ4v) is 2.25. The number of benzene rings is 1. The average Bonchev–Trinajstić information content (AvgIpc) is 2.18. The van der Waals surface area contributed by atoms with Crippen LogP contribution in [0.25, 0.3) is 0 Å². The number of aliphatic carboxylic acids is 1. The monoisotopic (exact) mass is 241 g/mol. The molecule has 2 rings (SSSR count). The molecule has 0 saturated carbocycles. The fraction of sp³-hybridized carbons (Fsp3) is 0.364. The van der Waals surface area contributed by atoms with Gasteiger partial charge in [-0.25, -0.2) is 0 Å². The second-order valence-corrected chi connectivity index (χ2v) is 4.35. The first-order chi connectivity index (χ1) is 7.58. The van der Waals surface area contributed by atoms with Gasteiger partial charge in [0, 0.05) is 5.02 Å².